The van der Waals surface area contributed by atoms with Crippen molar-refractivity contribution < 1.29 is 4.79 Å². The molecule has 2 aromatic carbocycles. The number of fused-ring (bicyclic) bond motifs is 1. The van der Waals surface area contributed by atoms with Crippen LogP contribution in [-0.2, 0) is 7.05 Å². The minimum absolute atomic E-state index is 0.109. The highest BCUT2D eigenvalue weighted by Gasteiger charge is 2.19. The first-order chi connectivity index (χ1) is 9.18. The molecule has 0 bridgehead atoms. The molecule has 0 spiro atoms. The van der Waals surface area contributed by atoms with Gasteiger partial charge in [0.25, 0.3) is 0 Å². The average molecular weight is 271 g/mol. The molecule has 1 aromatic heterocycles. The van der Waals surface area contributed by atoms with Gasteiger partial charge in [0, 0.05) is 12.6 Å². The van der Waals surface area contributed by atoms with Gasteiger partial charge in [-0.3, -0.25) is 9.48 Å². The minimum Gasteiger partial charge on any atom is -0.287 e. The molecule has 94 valence electrons. The van der Waals surface area contributed by atoms with E-state index in [1.165, 1.54) is 10.9 Å². The van der Waals surface area contributed by atoms with Crippen molar-refractivity contribution in [2.24, 2.45) is 7.05 Å². The Bertz CT molecular complexity index is 752. The van der Waals surface area contributed by atoms with Gasteiger partial charge in [-0.25, -0.2) is 0 Å². The van der Waals surface area contributed by atoms with E-state index in [-0.39, 0.29) is 5.78 Å². The summed E-state index contributed by atoms with van der Waals surface area (Å²) in [4.78, 5) is 12.6. The number of carbonyl (C=O) groups excluding carboxylic acids is 1. The molecule has 0 saturated carbocycles. The monoisotopic (exact) mass is 270 g/mol. The lowest BCUT2D eigenvalue weighted by Crippen LogP contribution is -2.09. The van der Waals surface area contributed by atoms with Gasteiger partial charge in [-0.2, -0.15) is 5.10 Å². The van der Waals surface area contributed by atoms with Gasteiger partial charge in [0.1, 0.15) is 5.69 Å². The van der Waals surface area contributed by atoms with Crippen LogP contribution in [-0.4, -0.2) is 15.6 Å². The summed E-state index contributed by atoms with van der Waals surface area (Å²) >= 11 is 6.04. The Morgan fingerprint density at radius 1 is 1.16 bits per heavy atom. The maximum Gasteiger partial charge on any atom is 0.213 e. The highest BCUT2D eigenvalue weighted by molar-refractivity contribution is 6.35. The van der Waals surface area contributed by atoms with Crippen molar-refractivity contribution in [3.8, 4) is 0 Å². The summed E-state index contributed by atoms with van der Waals surface area (Å²) in [6.07, 6.45) is 1.49. The van der Waals surface area contributed by atoms with E-state index in [1.807, 2.05) is 42.5 Å². The third-order valence-corrected chi connectivity index (χ3v) is 3.42. The summed E-state index contributed by atoms with van der Waals surface area (Å²) in [5, 5.41) is 6.34. The van der Waals surface area contributed by atoms with Crippen molar-refractivity contribution >= 4 is 28.2 Å². The van der Waals surface area contributed by atoms with Crippen LogP contribution in [0.25, 0.3) is 10.8 Å². The van der Waals surface area contributed by atoms with E-state index in [0.717, 1.165) is 10.8 Å². The summed E-state index contributed by atoms with van der Waals surface area (Å²) in [6, 6.07) is 13.5. The Kier molecular flexibility index (Phi) is 2.84. The number of ketones is 1. The first-order valence-electron chi connectivity index (χ1n) is 5.88. The van der Waals surface area contributed by atoms with Crippen molar-refractivity contribution in [1.29, 1.82) is 0 Å². The third-order valence-electron chi connectivity index (χ3n) is 3.14. The lowest BCUT2D eigenvalue weighted by atomic mass is 10.00. The summed E-state index contributed by atoms with van der Waals surface area (Å²) in [5.74, 6) is -0.109. The number of halogens is 1. The molecule has 0 fully saturated rings. The molecule has 3 aromatic rings. The van der Waals surface area contributed by atoms with Crippen molar-refractivity contribution in [3.63, 3.8) is 0 Å². The zero-order valence-corrected chi connectivity index (χ0v) is 11.1. The summed E-state index contributed by atoms with van der Waals surface area (Å²) in [7, 11) is 1.71. The van der Waals surface area contributed by atoms with Crippen LogP contribution >= 0.6 is 11.6 Å². The number of benzene rings is 2. The van der Waals surface area contributed by atoms with E-state index in [2.05, 4.69) is 5.10 Å². The molecular weight excluding hydrogens is 260 g/mol. The maximum atomic E-state index is 12.6. The molecule has 0 radical (unpaired) electrons. The van der Waals surface area contributed by atoms with Crippen LogP contribution in [0.15, 0.2) is 48.7 Å². The zero-order chi connectivity index (χ0) is 13.4. The maximum absolute atomic E-state index is 12.6. The fraction of sp³-hybridized carbons (Fsp3) is 0.0667. The quantitative estimate of drug-likeness (QED) is 0.669. The molecule has 0 N–H and O–H groups in total. The molecule has 3 nitrogen and oxygen atoms in total. The Morgan fingerprint density at radius 3 is 2.63 bits per heavy atom. The second-order valence-corrected chi connectivity index (χ2v) is 4.73. The molecule has 0 aliphatic carbocycles. The van der Waals surface area contributed by atoms with Gasteiger partial charge >= 0.3 is 0 Å². The van der Waals surface area contributed by atoms with Crippen molar-refractivity contribution in [2.45, 2.75) is 0 Å². The molecule has 0 aliphatic rings. The molecule has 3 rings (SSSR count). The number of rotatable bonds is 2. The summed E-state index contributed by atoms with van der Waals surface area (Å²) < 4.78 is 1.51. The lowest BCUT2D eigenvalue weighted by molar-refractivity contribution is 0.103. The standard InChI is InChI=1S/C15H11ClN2O/c1-18-14(13(16)9-17-18)15(19)12-8-4-6-10-5-2-3-7-11(10)12/h2-9H,1H3. The van der Waals surface area contributed by atoms with E-state index >= 15 is 0 Å². The Labute approximate surface area is 115 Å². The van der Waals surface area contributed by atoms with E-state index in [9.17, 15) is 4.79 Å². The van der Waals surface area contributed by atoms with E-state index in [0.29, 0.717) is 16.3 Å². The van der Waals surface area contributed by atoms with Gasteiger partial charge in [-0.1, -0.05) is 54.1 Å². The lowest BCUT2D eigenvalue weighted by Gasteiger charge is -2.06. The highest BCUT2D eigenvalue weighted by Crippen LogP contribution is 2.24. The average Bonchev–Trinajstić information content (AvgIpc) is 2.77. The van der Waals surface area contributed by atoms with Crippen LogP contribution in [0.4, 0.5) is 0 Å². The van der Waals surface area contributed by atoms with E-state index in [1.54, 1.807) is 7.05 Å². The van der Waals surface area contributed by atoms with Crippen molar-refractivity contribution in [2.75, 3.05) is 0 Å². The second kappa shape index (κ2) is 4.52. The van der Waals surface area contributed by atoms with Crippen molar-refractivity contribution in [1.82, 2.24) is 9.78 Å². The van der Waals surface area contributed by atoms with Crippen LogP contribution in [0.3, 0.4) is 0 Å². The van der Waals surface area contributed by atoms with Gasteiger partial charge in [0.2, 0.25) is 5.78 Å². The number of aromatic nitrogens is 2. The highest BCUT2D eigenvalue weighted by atomic mass is 35.5. The smallest absolute Gasteiger partial charge is 0.213 e. The third kappa shape index (κ3) is 1.92. The van der Waals surface area contributed by atoms with Crippen LogP contribution in [0.2, 0.25) is 5.02 Å². The Hall–Kier alpha value is -2.13. The summed E-state index contributed by atoms with van der Waals surface area (Å²) in [6.45, 7) is 0. The normalized spacial score (nSPS) is 10.8. The molecule has 0 aliphatic heterocycles. The van der Waals surface area contributed by atoms with Gasteiger partial charge in [0.15, 0.2) is 0 Å². The summed E-state index contributed by atoms with van der Waals surface area (Å²) in [5.41, 5.74) is 1.06. The van der Waals surface area contributed by atoms with Crippen molar-refractivity contribution in [3.05, 3.63) is 64.9 Å². The van der Waals surface area contributed by atoms with Crippen LogP contribution < -0.4 is 0 Å². The number of nitrogens with zero attached hydrogens (tertiary/aromatic N) is 2. The number of hydrogen-bond acceptors (Lipinski definition) is 2. The predicted octanol–water partition coefficient (Wildman–Crippen LogP) is 3.46. The molecular formula is C15H11ClN2O. The minimum atomic E-state index is -0.109. The fourth-order valence-electron chi connectivity index (χ4n) is 2.22. The molecule has 1 heterocycles. The van der Waals surface area contributed by atoms with Gasteiger partial charge in [-0.05, 0) is 10.8 Å². The zero-order valence-electron chi connectivity index (χ0n) is 10.3. The SMILES string of the molecule is Cn1ncc(Cl)c1C(=O)c1cccc2ccccc12. The molecule has 4 heteroatoms. The predicted molar refractivity (Wildman–Crippen MR) is 75.6 cm³/mol. The van der Waals surface area contributed by atoms with Gasteiger partial charge < -0.3 is 0 Å². The molecule has 0 atom stereocenters. The van der Waals surface area contributed by atoms with Gasteiger partial charge in [-0.15, -0.1) is 0 Å². The fourth-order valence-corrected chi connectivity index (χ4v) is 2.47. The van der Waals surface area contributed by atoms with Crippen LogP contribution in [0.5, 0.6) is 0 Å². The van der Waals surface area contributed by atoms with E-state index < -0.39 is 0 Å². The number of carbonyl (C=O) groups is 1. The van der Waals surface area contributed by atoms with Gasteiger partial charge in [0.05, 0.1) is 11.2 Å². The topological polar surface area (TPSA) is 34.9 Å². The first kappa shape index (κ1) is 11.9. The van der Waals surface area contributed by atoms with E-state index in [4.69, 9.17) is 11.6 Å². The molecule has 0 saturated heterocycles. The Balaban J connectivity index is 2.23. The first-order valence-corrected chi connectivity index (χ1v) is 6.26. The number of hydrogen-bond donors (Lipinski definition) is 0. The van der Waals surface area contributed by atoms with Crippen LogP contribution in [0, 0.1) is 0 Å². The Morgan fingerprint density at radius 2 is 1.89 bits per heavy atom. The molecule has 0 unspecified atom stereocenters. The number of aryl methyl sites for hydroxylation is 1. The second-order valence-electron chi connectivity index (χ2n) is 4.32. The largest absolute Gasteiger partial charge is 0.287 e. The molecule has 0 amide bonds. The van der Waals surface area contributed by atoms with Crippen LogP contribution in [0.1, 0.15) is 16.1 Å². The molecule has 19 heavy (non-hydrogen) atoms.